The summed E-state index contributed by atoms with van der Waals surface area (Å²) in [6.07, 6.45) is 1.14. The van der Waals surface area contributed by atoms with Crippen molar-refractivity contribution in [1.82, 2.24) is 0 Å². The lowest BCUT2D eigenvalue weighted by atomic mass is 10.1. The standard InChI is InChI=1S/C10H11O4P/c1-15(12,13)14-9-4-2-3-7-5-6-8(11)10(7)9/h2-4H,5-6H2,1H3,(H,12,13). The number of Topliss-reactive ketones (excluding diaryl/α,β-unsaturated/α-hetero) is 1. The second-order valence-corrected chi connectivity index (χ2v) is 5.40. The van der Waals surface area contributed by atoms with Crippen molar-refractivity contribution in [3.63, 3.8) is 0 Å². The van der Waals surface area contributed by atoms with Gasteiger partial charge in [0.1, 0.15) is 5.75 Å². The van der Waals surface area contributed by atoms with Crippen LogP contribution in [0.1, 0.15) is 22.3 Å². The molecule has 0 saturated carbocycles. The molecule has 1 aromatic rings. The van der Waals surface area contributed by atoms with Crippen molar-refractivity contribution in [2.45, 2.75) is 12.8 Å². The van der Waals surface area contributed by atoms with Crippen molar-refractivity contribution in [2.24, 2.45) is 0 Å². The van der Waals surface area contributed by atoms with Crippen molar-refractivity contribution in [1.29, 1.82) is 0 Å². The number of carbonyl (C=O) groups is 1. The van der Waals surface area contributed by atoms with Gasteiger partial charge >= 0.3 is 7.60 Å². The van der Waals surface area contributed by atoms with Gasteiger partial charge in [0.25, 0.3) is 0 Å². The van der Waals surface area contributed by atoms with Crippen molar-refractivity contribution in [3.8, 4) is 5.75 Å². The second kappa shape index (κ2) is 3.47. The summed E-state index contributed by atoms with van der Waals surface area (Å²) in [5.74, 6) is 0.206. The molecule has 80 valence electrons. The number of carbonyl (C=O) groups excluding carboxylic acids is 1. The Kier molecular flexibility index (Phi) is 2.41. The zero-order chi connectivity index (χ0) is 11.1. The lowest BCUT2D eigenvalue weighted by Crippen LogP contribution is -1.98. The van der Waals surface area contributed by atoms with E-state index < -0.39 is 7.60 Å². The van der Waals surface area contributed by atoms with E-state index >= 15 is 0 Å². The van der Waals surface area contributed by atoms with E-state index in [-0.39, 0.29) is 11.5 Å². The Morgan fingerprint density at radius 2 is 2.13 bits per heavy atom. The largest absolute Gasteiger partial charge is 0.424 e. The minimum atomic E-state index is -3.60. The van der Waals surface area contributed by atoms with Crippen LogP contribution in [-0.4, -0.2) is 17.3 Å². The molecule has 5 heteroatoms. The number of ketones is 1. The number of fused-ring (bicyclic) bond motifs is 1. The van der Waals surface area contributed by atoms with E-state index in [1.807, 2.05) is 6.07 Å². The van der Waals surface area contributed by atoms with Gasteiger partial charge in [0.2, 0.25) is 0 Å². The molecule has 1 aliphatic carbocycles. The highest BCUT2D eigenvalue weighted by Crippen LogP contribution is 2.42. The molecule has 15 heavy (non-hydrogen) atoms. The summed E-state index contributed by atoms with van der Waals surface area (Å²) in [6, 6.07) is 5.11. The van der Waals surface area contributed by atoms with Gasteiger partial charge in [-0.15, -0.1) is 0 Å². The molecule has 1 aliphatic rings. The van der Waals surface area contributed by atoms with Gasteiger partial charge in [-0.3, -0.25) is 4.79 Å². The molecule has 0 fully saturated rings. The van der Waals surface area contributed by atoms with Crippen LogP contribution in [0.5, 0.6) is 5.75 Å². The predicted octanol–water partition coefficient (Wildman–Crippen LogP) is 2.01. The summed E-state index contributed by atoms with van der Waals surface area (Å²) in [4.78, 5) is 20.6. The molecule has 1 unspecified atom stereocenters. The minimum absolute atomic E-state index is 0.0194. The first-order valence-corrected chi connectivity index (χ1v) is 6.65. The molecule has 2 rings (SSSR count). The number of hydrogen-bond donors (Lipinski definition) is 1. The van der Waals surface area contributed by atoms with Crippen LogP contribution in [0, 0.1) is 0 Å². The van der Waals surface area contributed by atoms with Crippen LogP contribution < -0.4 is 4.52 Å². The van der Waals surface area contributed by atoms with Gasteiger partial charge in [0.15, 0.2) is 5.78 Å². The third-order valence-electron chi connectivity index (χ3n) is 2.28. The molecule has 0 amide bonds. The van der Waals surface area contributed by atoms with Crippen LogP contribution in [0.15, 0.2) is 18.2 Å². The summed E-state index contributed by atoms with van der Waals surface area (Å²) in [5.41, 5.74) is 1.36. The molecule has 0 spiro atoms. The fourth-order valence-electron chi connectivity index (χ4n) is 1.73. The Morgan fingerprint density at radius 1 is 1.40 bits per heavy atom. The Labute approximate surface area is 87.4 Å². The average molecular weight is 226 g/mol. The maximum atomic E-state index is 11.5. The highest BCUT2D eigenvalue weighted by Gasteiger charge is 2.25. The van der Waals surface area contributed by atoms with Crippen LogP contribution in [0.3, 0.4) is 0 Å². The molecule has 0 saturated heterocycles. The van der Waals surface area contributed by atoms with Crippen LogP contribution in [0.4, 0.5) is 0 Å². The van der Waals surface area contributed by atoms with E-state index in [0.29, 0.717) is 18.4 Å². The van der Waals surface area contributed by atoms with Gasteiger partial charge in [-0.2, -0.15) is 0 Å². The quantitative estimate of drug-likeness (QED) is 0.783. The summed E-state index contributed by atoms with van der Waals surface area (Å²) in [7, 11) is -3.60. The minimum Gasteiger partial charge on any atom is -0.424 e. The third-order valence-corrected chi connectivity index (χ3v) is 2.82. The van der Waals surface area contributed by atoms with Gasteiger partial charge in [0, 0.05) is 13.1 Å². The van der Waals surface area contributed by atoms with E-state index in [4.69, 9.17) is 9.42 Å². The van der Waals surface area contributed by atoms with Crippen LogP contribution in [-0.2, 0) is 11.0 Å². The average Bonchev–Trinajstić information content (AvgIpc) is 2.46. The number of aryl methyl sites for hydroxylation is 1. The fraction of sp³-hybridized carbons (Fsp3) is 0.300. The maximum absolute atomic E-state index is 11.5. The highest BCUT2D eigenvalue weighted by atomic mass is 31.2. The zero-order valence-electron chi connectivity index (χ0n) is 8.27. The van der Waals surface area contributed by atoms with Crippen LogP contribution >= 0.6 is 7.60 Å². The maximum Gasteiger partial charge on any atom is 0.373 e. The van der Waals surface area contributed by atoms with Crippen molar-refractivity contribution >= 4 is 13.4 Å². The number of hydrogen-bond acceptors (Lipinski definition) is 3. The molecule has 1 aromatic carbocycles. The number of rotatable bonds is 2. The molecule has 1 atom stereocenters. The molecule has 0 aromatic heterocycles. The van der Waals surface area contributed by atoms with Crippen molar-refractivity contribution in [2.75, 3.05) is 6.66 Å². The molecule has 0 heterocycles. The lowest BCUT2D eigenvalue weighted by Gasteiger charge is -2.11. The Morgan fingerprint density at radius 3 is 2.80 bits per heavy atom. The van der Waals surface area contributed by atoms with Gasteiger partial charge in [-0.25, -0.2) is 4.57 Å². The van der Waals surface area contributed by atoms with E-state index in [1.54, 1.807) is 12.1 Å². The van der Waals surface area contributed by atoms with Gasteiger partial charge in [0.05, 0.1) is 5.56 Å². The Hall–Kier alpha value is -1.12. The zero-order valence-corrected chi connectivity index (χ0v) is 9.16. The van der Waals surface area contributed by atoms with E-state index in [9.17, 15) is 9.36 Å². The molecule has 0 aliphatic heterocycles. The topological polar surface area (TPSA) is 63.6 Å². The number of benzene rings is 1. The lowest BCUT2D eigenvalue weighted by molar-refractivity contribution is 0.0993. The summed E-state index contributed by atoms with van der Waals surface area (Å²) in [5, 5.41) is 0. The van der Waals surface area contributed by atoms with E-state index in [2.05, 4.69) is 0 Å². The molecule has 0 radical (unpaired) electrons. The summed E-state index contributed by atoms with van der Waals surface area (Å²) >= 11 is 0. The Bertz CT molecular complexity index is 460. The molecular weight excluding hydrogens is 215 g/mol. The second-order valence-electron chi connectivity index (χ2n) is 3.61. The van der Waals surface area contributed by atoms with Gasteiger partial charge in [-0.1, -0.05) is 12.1 Å². The smallest absolute Gasteiger partial charge is 0.373 e. The van der Waals surface area contributed by atoms with Gasteiger partial charge < -0.3 is 9.42 Å². The summed E-state index contributed by atoms with van der Waals surface area (Å²) in [6.45, 7) is 1.10. The van der Waals surface area contributed by atoms with Crippen molar-refractivity contribution < 1.29 is 18.8 Å². The molecule has 0 bridgehead atoms. The van der Waals surface area contributed by atoms with Crippen LogP contribution in [0.25, 0.3) is 0 Å². The first-order chi connectivity index (χ1) is 6.97. The normalized spacial score (nSPS) is 18.4. The predicted molar refractivity (Wildman–Crippen MR) is 55.5 cm³/mol. The van der Waals surface area contributed by atoms with Crippen molar-refractivity contribution in [3.05, 3.63) is 29.3 Å². The first kappa shape index (κ1) is 10.4. The third kappa shape index (κ3) is 2.11. The molecule has 4 nitrogen and oxygen atoms in total. The van der Waals surface area contributed by atoms with Crippen LogP contribution in [0.2, 0.25) is 0 Å². The highest BCUT2D eigenvalue weighted by molar-refractivity contribution is 7.52. The molecular formula is C10H11O4P. The first-order valence-electron chi connectivity index (χ1n) is 4.62. The summed E-state index contributed by atoms with van der Waals surface area (Å²) < 4.78 is 16.0. The van der Waals surface area contributed by atoms with Gasteiger partial charge in [-0.05, 0) is 18.1 Å². The molecule has 1 N–H and O–H groups in total. The SMILES string of the molecule is CP(=O)(O)Oc1cccc2c1C(=O)CC2. The van der Waals surface area contributed by atoms with E-state index in [1.165, 1.54) is 0 Å². The monoisotopic (exact) mass is 226 g/mol. The Balaban J connectivity index is 2.46. The van der Waals surface area contributed by atoms with E-state index in [0.717, 1.165) is 12.2 Å². The fourth-order valence-corrected chi connectivity index (χ4v) is 2.25.